The quantitative estimate of drug-likeness (QED) is 0.0501. The van der Waals surface area contributed by atoms with Crippen LogP contribution >= 0.6 is 23.2 Å². The third-order valence-corrected chi connectivity index (χ3v) is 12.1. The van der Waals surface area contributed by atoms with Crippen LogP contribution in [0.4, 0.5) is 32.1 Å². The lowest BCUT2D eigenvalue weighted by Crippen LogP contribution is -2.22. The number of aromatic nitrogens is 12. The zero-order valence-electron chi connectivity index (χ0n) is 34.4. The highest BCUT2D eigenvalue weighted by Crippen LogP contribution is 2.22. The molecule has 22 nitrogen and oxygen atoms in total. The zero-order valence-corrected chi connectivity index (χ0v) is 38.0. The molecule has 0 aliphatic heterocycles. The fourth-order valence-corrected chi connectivity index (χ4v) is 6.56. The van der Waals surface area contributed by atoms with Crippen LogP contribution in [0.25, 0.3) is 0 Å². The molecule has 0 saturated carbocycles. The molecule has 4 N–H and O–H groups in total. The maximum absolute atomic E-state index is 13.3. The SMILES string of the molecule is C[Si](C)(C)CCOCn1nnc(NCc2nonc2C(=O)Nc2ccc(F)c(Cl)c2)n1.C[Si](C)(C)CCOCn1nnnc1NCc1nonc1C(=O)Nc1ccc(F)c(Cl)c1. The Morgan fingerprint density at radius 2 is 1.23 bits per heavy atom. The maximum Gasteiger partial charge on any atom is 0.279 e. The Balaban J connectivity index is 0.000000234. The van der Waals surface area contributed by atoms with Crippen molar-refractivity contribution in [1.82, 2.24) is 61.0 Å². The van der Waals surface area contributed by atoms with E-state index in [1.165, 1.54) is 33.7 Å². The molecule has 6 rings (SSSR count). The number of rotatable bonds is 20. The molecule has 0 unspecified atom stereocenters. The standard InChI is InChI=1S/2C17H22ClFN8O3Si/c1-31(2,3)7-6-29-10-27-23-17(22-26-27)20-9-14-15(25-30-24-14)16(28)21-11-4-5-13(19)12(18)8-11;1-31(2,3)7-6-29-10-27-17(22-25-26-27)20-9-14-15(24-30-23-14)16(28)21-11-4-5-13(19)12(18)8-11/h4-5,8H,6-7,9-10H2,1-3H3,(H,20,23)(H,21,28);4-5,8H,6-7,9-10H2,1-3H3,(H,21,28)(H,20,22,26). The van der Waals surface area contributed by atoms with Crippen LogP contribution in [0.2, 0.25) is 61.4 Å². The van der Waals surface area contributed by atoms with Crippen molar-refractivity contribution < 1.29 is 37.1 Å². The molecule has 0 atom stereocenters. The number of carbonyl (C=O) groups excluding carboxylic acids is 2. The Bertz CT molecular complexity index is 2410. The molecule has 4 heterocycles. The van der Waals surface area contributed by atoms with Crippen LogP contribution in [0, 0.1) is 11.6 Å². The smallest absolute Gasteiger partial charge is 0.279 e. The first kappa shape index (κ1) is 47.2. The van der Waals surface area contributed by atoms with Gasteiger partial charge in [-0.25, -0.2) is 18.0 Å². The van der Waals surface area contributed by atoms with E-state index in [1.807, 2.05) is 0 Å². The van der Waals surface area contributed by atoms with Crippen molar-refractivity contribution in [2.24, 2.45) is 0 Å². The number of nitrogens with zero attached hydrogens (tertiary/aromatic N) is 12. The molecule has 0 bridgehead atoms. The number of anilines is 4. The normalized spacial score (nSPS) is 11.5. The van der Waals surface area contributed by atoms with Gasteiger partial charge in [0.05, 0.1) is 23.1 Å². The highest BCUT2D eigenvalue weighted by molar-refractivity contribution is 6.76. The van der Waals surface area contributed by atoms with Gasteiger partial charge in [-0.1, -0.05) is 83.0 Å². The number of halogens is 4. The van der Waals surface area contributed by atoms with E-state index in [0.717, 1.165) is 24.2 Å². The van der Waals surface area contributed by atoms with Gasteiger partial charge in [0, 0.05) is 40.7 Å². The van der Waals surface area contributed by atoms with E-state index in [4.69, 9.17) is 37.3 Å². The predicted molar refractivity (Wildman–Crippen MR) is 226 cm³/mol. The molecule has 2 aromatic carbocycles. The van der Waals surface area contributed by atoms with Crippen molar-refractivity contribution in [2.45, 2.75) is 77.9 Å². The summed E-state index contributed by atoms with van der Waals surface area (Å²) in [6, 6.07) is 9.68. The van der Waals surface area contributed by atoms with Crippen molar-refractivity contribution in [3.8, 4) is 0 Å². The van der Waals surface area contributed by atoms with Gasteiger partial charge in [-0.15, -0.1) is 9.90 Å². The summed E-state index contributed by atoms with van der Waals surface area (Å²) in [5.41, 5.74) is 0.983. The molecule has 0 aliphatic rings. The summed E-state index contributed by atoms with van der Waals surface area (Å²) >= 11 is 11.5. The minimum atomic E-state index is -1.19. The van der Waals surface area contributed by atoms with Gasteiger partial charge in [0.1, 0.15) is 29.8 Å². The number of benzene rings is 2. The van der Waals surface area contributed by atoms with Gasteiger partial charge in [0.2, 0.25) is 5.95 Å². The summed E-state index contributed by atoms with van der Waals surface area (Å²) < 4.78 is 48.6. The van der Waals surface area contributed by atoms with Crippen molar-refractivity contribution in [3.63, 3.8) is 0 Å². The fourth-order valence-electron chi connectivity index (χ4n) is 4.68. The number of carbonyl (C=O) groups is 2. The molecule has 62 heavy (non-hydrogen) atoms. The lowest BCUT2D eigenvalue weighted by Gasteiger charge is -2.15. The molecule has 0 radical (unpaired) electrons. The molecule has 0 fully saturated rings. The van der Waals surface area contributed by atoms with Crippen molar-refractivity contribution in [1.29, 1.82) is 0 Å². The molecule has 0 aliphatic carbocycles. The van der Waals surface area contributed by atoms with Crippen molar-refractivity contribution in [2.75, 3.05) is 34.5 Å². The van der Waals surface area contributed by atoms with Gasteiger partial charge in [-0.3, -0.25) is 9.59 Å². The minimum Gasteiger partial charge on any atom is -0.359 e. The van der Waals surface area contributed by atoms with E-state index in [-0.39, 0.29) is 65.3 Å². The van der Waals surface area contributed by atoms with Crippen molar-refractivity contribution >= 4 is 74.4 Å². The van der Waals surface area contributed by atoms with Gasteiger partial charge in [0.15, 0.2) is 18.1 Å². The van der Waals surface area contributed by atoms with Crippen LogP contribution in [0.1, 0.15) is 32.4 Å². The molecule has 0 spiro atoms. The second kappa shape index (κ2) is 21.8. The Morgan fingerprint density at radius 1 is 0.710 bits per heavy atom. The first-order valence-electron chi connectivity index (χ1n) is 18.8. The number of nitrogens with one attached hydrogen (secondary N) is 4. The summed E-state index contributed by atoms with van der Waals surface area (Å²) in [7, 11) is -2.35. The van der Waals surface area contributed by atoms with Gasteiger partial charge in [-0.05, 0) is 74.4 Å². The average Bonchev–Trinajstić information content (AvgIpc) is 4.04. The number of tetrazole rings is 2. The van der Waals surface area contributed by atoms with Gasteiger partial charge < -0.3 is 30.7 Å². The largest absolute Gasteiger partial charge is 0.359 e. The second-order valence-corrected chi connectivity index (χ2v) is 27.7. The molecule has 332 valence electrons. The number of hydrogen-bond donors (Lipinski definition) is 4. The molecule has 2 amide bonds. The number of amides is 2. The summed E-state index contributed by atoms with van der Waals surface area (Å²) in [6.45, 7) is 15.4. The Morgan fingerprint density at radius 3 is 1.74 bits per heavy atom. The topological polar surface area (TPSA) is 266 Å². The molecular weight excluding hydrogens is 894 g/mol. The third-order valence-electron chi connectivity index (χ3n) is 8.12. The molecule has 6 aromatic rings. The maximum atomic E-state index is 13.3. The van der Waals surface area contributed by atoms with Crippen molar-refractivity contribution in [3.05, 3.63) is 80.9 Å². The van der Waals surface area contributed by atoms with Crippen LogP contribution < -0.4 is 21.3 Å². The van der Waals surface area contributed by atoms with Gasteiger partial charge in [0.25, 0.3) is 17.8 Å². The second-order valence-electron chi connectivity index (χ2n) is 15.7. The van der Waals surface area contributed by atoms with E-state index in [0.29, 0.717) is 30.5 Å². The lowest BCUT2D eigenvalue weighted by molar-refractivity contribution is 0.0674. The van der Waals surface area contributed by atoms with Crippen LogP contribution in [-0.4, -0.2) is 102 Å². The highest BCUT2D eigenvalue weighted by atomic mass is 35.5. The van der Waals surface area contributed by atoms with Crippen LogP contribution in [0.5, 0.6) is 0 Å². The molecular formula is C34H44Cl2F2N16O6Si2. The Hall–Kier alpha value is -5.81. The molecule has 0 saturated heterocycles. The zero-order chi connectivity index (χ0) is 44.9. The van der Waals surface area contributed by atoms with E-state index in [2.05, 4.69) is 117 Å². The van der Waals surface area contributed by atoms with E-state index in [1.54, 1.807) is 0 Å². The highest BCUT2D eigenvalue weighted by Gasteiger charge is 2.22. The first-order valence-corrected chi connectivity index (χ1v) is 26.9. The number of ether oxygens (including phenoxy) is 2. The molecule has 4 aromatic heterocycles. The fraction of sp³-hybridized carbons (Fsp3) is 0.412. The van der Waals surface area contributed by atoms with Crippen LogP contribution in [-0.2, 0) is 36.0 Å². The first-order chi connectivity index (χ1) is 29.4. The lowest BCUT2D eigenvalue weighted by atomic mass is 10.2. The summed E-state index contributed by atoms with van der Waals surface area (Å²) in [6.07, 6.45) is 0. The monoisotopic (exact) mass is 936 g/mol. The van der Waals surface area contributed by atoms with Gasteiger partial charge in [-0.2, -0.15) is 4.68 Å². The predicted octanol–water partition coefficient (Wildman–Crippen LogP) is 6.05. The number of hydrogen-bond acceptors (Lipinski definition) is 18. The third kappa shape index (κ3) is 15.0. The Kier molecular flexibility index (Phi) is 16.6. The summed E-state index contributed by atoms with van der Waals surface area (Å²) in [5.74, 6) is -1.78. The summed E-state index contributed by atoms with van der Waals surface area (Å²) in [5, 5.41) is 48.8. The van der Waals surface area contributed by atoms with Crippen LogP contribution in [0.3, 0.4) is 0 Å². The van der Waals surface area contributed by atoms with Gasteiger partial charge >= 0.3 is 0 Å². The van der Waals surface area contributed by atoms with E-state index in [9.17, 15) is 18.4 Å². The molecule has 28 heteroatoms. The van der Waals surface area contributed by atoms with Crippen LogP contribution in [0.15, 0.2) is 45.7 Å². The average molecular weight is 938 g/mol. The Labute approximate surface area is 364 Å². The minimum absolute atomic E-state index is 0.0432. The van der Waals surface area contributed by atoms with E-state index >= 15 is 0 Å². The summed E-state index contributed by atoms with van der Waals surface area (Å²) in [4.78, 5) is 26.2. The van der Waals surface area contributed by atoms with E-state index < -0.39 is 39.6 Å².